The van der Waals surface area contributed by atoms with Crippen LogP contribution >= 0.6 is 0 Å². The van der Waals surface area contributed by atoms with Crippen LogP contribution in [-0.2, 0) is 33.6 Å². The van der Waals surface area contributed by atoms with Crippen molar-refractivity contribution in [1.82, 2.24) is 37.2 Å². The Morgan fingerprint density at radius 1 is 0.630 bits per heavy atom. The largest absolute Gasteiger partial charge is 0.391 e. The van der Waals surface area contributed by atoms with Gasteiger partial charge in [-0.05, 0) is 64.6 Å². The molecule has 0 aromatic carbocycles. The summed E-state index contributed by atoms with van der Waals surface area (Å²) in [5.41, 5.74) is 17.0. The number of nitrogens with two attached hydrogens (primary N) is 3. The maximum absolute atomic E-state index is 13.3. The predicted octanol–water partition coefficient (Wildman–Crippen LogP) is -5.09. The van der Waals surface area contributed by atoms with Gasteiger partial charge in [-0.1, -0.05) is 13.8 Å². The van der Waals surface area contributed by atoms with E-state index in [0.29, 0.717) is 0 Å². The van der Waals surface area contributed by atoms with Crippen molar-refractivity contribution in [3.63, 3.8) is 0 Å². The van der Waals surface area contributed by atoms with E-state index in [4.69, 9.17) is 17.2 Å². The zero-order valence-corrected chi connectivity index (χ0v) is 26.9. The van der Waals surface area contributed by atoms with Gasteiger partial charge in [0.1, 0.15) is 30.2 Å². The van der Waals surface area contributed by atoms with E-state index in [1.807, 2.05) is 13.8 Å². The van der Waals surface area contributed by atoms with Crippen LogP contribution in [0.5, 0.6) is 0 Å². The van der Waals surface area contributed by atoms with Crippen LogP contribution in [0.2, 0.25) is 0 Å². The molecule has 0 spiro atoms. The van der Waals surface area contributed by atoms with Crippen LogP contribution in [0.3, 0.4) is 0 Å². The Bertz CT molecular complexity index is 1060. The van der Waals surface area contributed by atoms with E-state index in [1.54, 1.807) is 0 Å². The number of nitrogens with one attached hydrogen (secondary N) is 7. The topological polar surface area (TPSA) is 302 Å². The van der Waals surface area contributed by atoms with Gasteiger partial charge in [-0.15, -0.1) is 0 Å². The normalized spacial score (nSPS) is 26.1. The molecule has 14 N–H and O–H groups in total. The van der Waals surface area contributed by atoms with Gasteiger partial charge in [0.05, 0.1) is 12.6 Å². The lowest BCUT2D eigenvalue weighted by molar-refractivity contribution is -0.135. The van der Waals surface area contributed by atoms with E-state index in [1.165, 1.54) is 6.92 Å². The number of hydrogen-bond donors (Lipinski definition) is 11. The van der Waals surface area contributed by atoms with Crippen LogP contribution in [0.25, 0.3) is 0 Å². The summed E-state index contributed by atoms with van der Waals surface area (Å²) in [6.45, 7) is 4.47. The first kappa shape index (κ1) is 40.2. The number of carbonyl (C=O) groups is 7. The molecule has 0 bridgehead atoms. The van der Waals surface area contributed by atoms with Gasteiger partial charge in [0.2, 0.25) is 41.4 Å². The first-order valence-corrected chi connectivity index (χ1v) is 15.6. The van der Waals surface area contributed by atoms with Crippen molar-refractivity contribution in [3.05, 3.63) is 0 Å². The fourth-order valence-corrected chi connectivity index (χ4v) is 4.59. The summed E-state index contributed by atoms with van der Waals surface area (Å²) in [6, 6.07) is -5.96. The molecule has 18 nitrogen and oxygen atoms in total. The van der Waals surface area contributed by atoms with Crippen LogP contribution in [0.1, 0.15) is 59.3 Å². The van der Waals surface area contributed by atoms with Crippen LogP contribution in [0.15, 0.2) is 0 Å². The summed E-state index contributed by atoms with van der Waals surface area (Å²) in [7, 11) is 0. The highest BCUT2D eigenvalue weighted by Gasteiger charge is 2.32. The summed E-state index contributed by atoms with van der Waals surface area (Å²) >= 11 is 0. The van der Waals surface area contributed by atoms with Crippen molar-refractivity contribution in [2.24, 2.45) is 23.1 Å². The van der Waals surface area contributed by atoms with E-state index < -0.39 is 84.2 Å². The molecular formula is C28H52N10O8. The van der Waals surface area contributed by atoms with E-state index in [-0.39, 0.29) is 70.6 Å². The van der Waals surface area contributed by atoms with Gasteiger partial charge in [-0.25, -0.2) is 0 Å². The molecule has 0 aromatic heterocycles. The van der Waals surface area contributed by atoms with Crippen LogP contribution in [0.4, 0.5) is 0 Å². The smallest absolute Gasteiger partial charge is 0.245 e. The lowest BCUT2D eigenvalue weighted by Gasteiger charge is -2.27. The Morgan fingerprint density at radius 2 is 1.11 bits per heavy atom. The Morgan fingerprint density at radius 3 is 1.61 bits per heavy atom. The Balaban J connectivity index is 3.37. The quantitative estimate of drug-likeness (QED) is 0.112. The second kappa shape index (κ2) is 21.0. The number of aliphatic hydroxyl groups is 1. The van der Waals surface area contributed by atoms with Crippen LogP contribution in [-0.4, -0.2) is 115 Å². The van der Waals surface area contributed by atoms with Crippen molar-refractivity contribution in [2.75, 3.05) is 32.7 Å². The van der Waals surface area contributed by atoms with Crippen molar-refractivity contribution in [2.45, 2.75) is 95.6 Å². The van der Waals surface area contributed by atoms with Gasteiger partial charge >= 0.3 is 0 Å². The molecule has 0 radical (unpaired) electrons. The Labute approximate surface area is 268 Å². The number of carbonyl (C=O) groups excluding carboxylic acids is 7. The maximum Gasteiger partial charge on any atom is 0.245 e. The summed E-state index contributed by atoms with van der Waals surface area (Å²) in [5.74, 6) is -4.90. The molecule has 1 fully saturated rings. The number of rotatable bonds is 9. The molecule has 18 heteroatoms. The summed E-state index contributed by atoms with van der Waals surface area (Å²) in [5, 5.41) is 27.8. The molecule has 0 saturated carbocycles. The maximum atomic E-state index is 13.3. The van der Waals surface area contributed by atoms with Crippen LogP contribution in [0, 0.1) is 5.92 Å². The summed E-state index contributed by atoms with van der Waals surface area (Å²) in [6.07, 6.45) is -1.03. The molecule has 0 aromatic rings. The minimum Gasteiger partial charge on any atom is -0.391 e. The number of hydrogen-bond acceptors (Lipinski definition) is 11. The number of aliphatic hydroxyl groups excluding tert-OH is 1. The number of amides is 7. The van der Waals surface area contributed by atoms with E-state index in [2.05, 4.69) is 37.2 Å². The molecule has 46 heavy (non-hydrogen) atoms. The van der Waals surface area contributed by atoms with Gasteiger partial charge in [-0.3, -0.25) is 33.6 Å². The summed E-state index contributed by atoms with van der Waals surface area (Å²) < 4.78 is 0. The summed E-state index contributed by atoms with van der Waals surface area (Å²) in [4.78, 5) is 90.6. The average Bonchev–Trinajstić information content (AvgIpc) is 2.98. The molecule has 6 atom stereocenters. The van der Waals surface area contributed by atoms with E-state index >= 15 is 0 Å². The Kier molecular flexibility index (Phi) is 18.4. The fourth-order valence-electron chi connectivity index (χ4n) is 4.59. The molecule has 262 valence electrons. The molecule has 7 amide bonds. The molecular weight excluding hydrogens is 604 g/mol. The minimum atomic E-state index is -1.40. The lowest BCUT2D eigenvalue weighted by atomic mass is 10.0. The van der Waals surface area contributed by atoms with E-state index in [0.717, 1.165) is 0 Å². The molecule has 1 rings (SSSR count). The molecule has 1 heterocycles. The molecule has 1 saturated heterocycles. The van der Waals surface area contributed by atoms with Gasteiger partial charge in [-0.2, -0.15) is 0 Å². The highest BCUT2D eigenvalue weighted by molar-refractivity contribution is 5.96. The molecule has 0 unspecified atom stereocenters. The van der Waals surface area contributed by atoms with Crippen molar-refractivity contribution in [3.8, 4) is 0 Å². The monoisotopic (exact) mass is 656 g/mol. The first-order chi connectivity index (χ1) is 21.7. The second-order valence-corrected chi connectivity index (χ2v) is 11.6. The molecule has 1 aliphatic heterocycles. The zero-order chi connectivity index (χ0) is 34.8. The van der Waals surface area contributed by atoms with Gasteiger partial charge < -0.3 is 59.5 Å². The van der Waals surface area contributed by atoms with E-state index in [9.17, 15) is 38.7 Å². The SMILES string of the molecule is CC(C)C[C@@H]1NC(=O)CNC(=O)[C@@H](CCN)NC(=O)CCCNC(=O)[C@H]([C@@H](C)O)NC(=O)[C@H](CCN)NC(=O)[C@H](CCN)NC1=O. The third-order valence-electron chi connectivity index (χ3n) is 7.01. The average molecular weight is 657 g/mol. The van der Waals surface area contributed by atoms with Crippen molar-refractivity contribution >= 4 is 41.4 Å². The fraction of sp³-hybridized carbons (Fsp3) is 0.750. The molecule has 1 aliphatic rings. The highest BCUT2D eigenvalue weighted by atomic mass is 16.3. The molecule has 0 aliphatic carbocycles. The van der Waals surface area contributed by atoms with Crippen molar-refractivity contribution in [1.29, 1.82) is 0 Å². The van der Waals surface area contributed by atoms with Crippen LogP contribution < -0.4 is 54.4 Å². The lowest BCUT2D eigenvalue weighted by Crippen LogP contribution is -2.60. The third-order valence-corrected chi connectivity index (χ3v) is 7.01. The van der Waals surface area contributed by atoms with Gasteiger partial charge in [0.25, 0.3) is 0 Å². The standard InChI is InChI=1S/C28H52N10O8/c1-15(2)13-20-27(45)37-18(7-10-30)25(43)36-19(8-11-31)26(44)38-23(16(3)39)28(46)32-12-4-5-21(40)34-17(6-9-29)24(42)33-14-22(41)35-20/h15-20,23,39H,4-14,29-31H2,1-3H3,(H,32,46)(H,33,42)(H,34,40)(H,35,41)(H,36,43)(H,37,45)(H,38,44)/t16-,17-,18+,19+,20+,23+/m1/s1. The predicted molar refractivity (Wildman–Crippen MR) is 167 cm³/mol. The Hall–Kier alpha value is -3.87. The second-order valence-electron chi connectivity index (χ2n) is 11.6. The zero-order valence-electron chi connectivity index (χ0n) is 26.9. The first-order valence-electron chi connectivity index (χ1n) is 15.6. The minimum absolute atomic E-state index is 0.000240. The highest BCUT2D eigenvalue weighted by Crippen LogP contribution is 2.07. The van der Waals surface area contributed by atoms with Gasteiger partial charge in [0, 0.05) is 13.0 Å². The van der Waals surface area contributed by atoms with Gasteiger partial charge in [0.15, 0.2) is 0 Å². The van der Waals surface area contributed by atoms with Crippen molar-refractivity contribution < 1.29 is 38.7 Å². The third kappa shape index (κ3) is 14.5.